The van der Waals surface area contributed by atoms with Gasteiger partial charge in [-0.15, -0.1) is 0 Å². The highest BCUT2D eigenvalue weighted by atomic mass is 16.5. The first-order chi connectivity index (χ1) is 12.6. The lowest BCUT2D eigenvalue weighted by Gasteiger charge is -2.17. The minimum atomic E-state index is -0.348. The number of nitrogens with zero attached hydrogens (tertiary/aromatic N) is 3. The van der Waals surface area contributed by atoms with Gasteiger partial charge in [0.25, 0.3) is 0 Å². The van der Waals surface area contributed by atoms with Gasteiger partial charge in [0.05, 0.1) is 25.9 Å². The second-order valence-corrected chi connectivity index (χ2v) is 6.01. The number of nitrogens with one attached hydrogen (secondary N) is 1. The number of fused-ring (bicyclic) bond motifs is 1. The van der Waals surface area contributed by atoms with E-state index < -0.39 is 0 Å². The molecule has 0 bridgehead atoms. The molecule has 0 fully saturated rings. The van der Waals surface area contributed by atoms with Gasteiger partial charge in [0.2, 0.25) is 0 Å². The Hall–Kier alpha value is -3.03. The SMILES string of the molecule is CCCCOc1nc(N)c2c(n1)N(Cc1ccc(C(=O)OC)cc1)CN2. The largest absolute Gasteiger partial charge is 0.465 e. The van der Waals surface area contributed by atoms with E-state index in [1.165, 1.54) is 7.11 Å². The summed E-state index contributed by atoms with van der Waals surface area (Å²) in [4.78, 5) is 22.3. The first kappa shape index (κ1) is 17.8. The number of methoxy groups -OCH3 is 1. The molecule has 8 nitrogen and oxygen atoms in total. The lowest BCUT2D eigenvalue weighted by molar-refractivity contribution is 0.0600. The van der Waals surface area contributed by atoms with Crippen LogP contribution in [0.3, 0.4) is 0 Å². The van der Waals surface area contributed by atoms with E-state index in [1.54, 1.807) is 12.1 Å². The molecule has 0 saturated carbocycles. The van der Waals surface area contributed by atoms with Crippen LogP contribution in [0.1, 0.15) is 35.7 Å². The fraction of sp³-hybridized carbons (Fsp3) is 0.389. The number of anilines is 3. The molecule has 1 aliphatic heterocycles. The highest BCUT2D eigenvalue weighted by Gasteiger charge is 2.25. The molecule has 3 N–H and O–H groups in total. The van der Waals surface area contributed by atoms with Crippen molar-refractivity contribution in [3.63, 3.8) is 0 Å². The van der Waals surface area contributed by atoms with Crippen molar-refractivity contribution >= 4 is 23.3 Å². The first-order valence-corrected chi connectivity index (χ1v) is 8.58. The third-order valence-corrected chi connectivity index (χ3v) is 4.12. The Bertz CT molecular complexity index is 779. The predicted octanol–water partition coefficient (Wildman–Crippen LogP) is 2.41. The average molecular weight is 357 g/mol. The van der Waals surface area contributed by atoms with Crippen LogP contribution in [-0.4, -0.2) is 36.3 Å². The van der Waals surface area contributed by atoms with Crippen LogP contribution in [0.15, 0.2) is 24.3 Å². The van der Waals surface area contributed by atoms with Crippen LogP contribution in [0.2, 0.25) is 0 Å². The number of aromatic nitrogens is 2. The average Bonchev–Trinajstić information content (AvgIpc) is 3.05. The van der Waals surface area contributed by atoms with E-state index in [-0.39, 0.29) is 5.97 Å². The summed E-state index contributed by atoms with van der Waals surface area (Å²) in [6, 6.07) is 7.59. The van der Waals surface area contributed by atoms with E-state index in [1.807, 2.05) is 17.0 Å². The summed E-state index contributed by atoms with van der Waals surface area (Å²) in [5, 5.41) is 3.22. The molecule has 1 aromatic carbocycles. The van der Waals surface area contributed by atoms with Crippen molar-refractivity contribution in [1.82, 2.24) is 9.97 Å². The summed E-state index contributed by atoms with van der Waals surface area (Å²) >= 11 is 0. The summed E-state index contributed by atoms with van der Waals surface area (Å²) in [5.74, 6) is 0.755. The molecule has 1 aliphatic rings. The van der Waals surface area contributed by atoms with E-state index in [0.29, 0.717) is 37.2 Å². The summed E-state index contributed by atoms with van der Waals surface area (Å²) in [6.07, 6.45) is 1.98. The lowest BCUT2D eigenvalue weighted by Crippen LogP contribution is -2.22. The highest BCUT2D eigenvalue weighted by Crippen LogP contribution is 2.35. The zero-order valence-electron chi connectivity index (χ0n) is 15.0. The van der Waals surface area contributed by atoms with Gasteiger partial charge in [-0.05, 0) is 24.1 Å². The molecular weight excluding hydrogens is 334 g/mol. The molecule has 0 saturated heterocycles. The molecule has 0 spiro atoms. The number of hydrogen-bond acceptors (Lipinski definition) is 8. The van der Waals surface area contributed by atoms with Crippen LogP contribution in [-0.2, 0) is 11.3 Å². The highest BCUT2D eigenvalue weighted by molar-refractivity contribution is 5.89. The molecule has 0 unspecified atom stereocenters. The van der Waals surface area contributed by atoms with E-state index >= 15 is 0 Å². The van der Waals surface area contributed by atoms with Crippen LogP contribution in [0.5, 0.6) is 6.01 Å². The molecule has 0 atom stereocenters. The second kappa shape index (κ2) is 7.90. The Morgan fingerprint density at radius 2 is 2.08 bits per heavy atom. The Morgan fingerprint density at radius 1 is 1.31 bits per heavy atom. The van der Waals surface area contributed by atoms with Crippen LogP contribution in [0.25, 0.3) is 0 Å². The van der Waals surface area contributed by atoms with Gasteiger partial charge in [0, 0.05) is 6.54 Å². The Labute approximate surface area is 152 Å². The van der Waals surface area contributed by atoms with Crippen LogP contribution >= 0.6 is 0 Å². The topological polar surface area (TPSA) is 103 Å². The van der Waals surface area contributed by atoms with Crippen molar-refractivity contribution in [3.8, 4) is 6.01 Å². The number of unbranched alkanes of at least 4 members (excludes halogenated alkanes) is 1. The summed E-state index contributed by atoms with van der Waals surface area (Å²) in [6.45, 7) is 3.85. The quantitative estimate of drug-likeness (QED) is 0.575. The first-order valence-electron chi connectivity index (χ1n) is 8.58. The molecule has 0 aliphatic carbocycles. The maximum atomic E-state index is 11.5. The summed E-state index contributed by atoms with van der Waals surface area (Å²) in [5.41, 5.74) is 8.31. The number of rotatable bonds is 7. The fourth-order valence-electron chi connectivity index (χ4n) is 2.68. The second-order valence-electron chi connectivity index (χ2n) is 6.01. The molecule has 2 aromatic rings. The summed E-state index contributed by atoms with van der Waals surface area (Å²) in [7, 11) is 1.37. The normalized spacial score (nSPS) is 12.5. The number of carbonyl (C=O) groups excluding carboxylic acids is 1. The van der Waals surface area contributed by atoms with Crippen molar-refractivity contribution in [3.05, 3.63) is 35.4 Å². The molecule has 3 rings (SSSR count). The monoisotopic (exact) mass is 357 g/mol. The number of nitrogen functional groups attached to an aromatic ring is 1. The van der Waals surface area contributed by atoms with E-state index in [0.717, 1.165) is 29.9 Å². The number of nitrogens with two attached hydrogens (primary N) is 1. The molecule has 8 heteroatoms. The van der Waals surface area contributed by atoms with E-state index in [9.17, 15) is 4.79 Å². The smallest absolute Gasteiger partial charge is 0.337 e. The third-order valence-electron chi connectivity index (χ3n) is 4.12. The number of hydrogen-bond donors (Lipinski definition) is 2. The van der Waals surface area contributed by atoms with Crippen molar-refractivity contribution in [2.45, 2.75) is 26.3 Å². The van der Waals surface area contributed by atoms with E-state index in [4.69, 9.17) is 15.2 Å². The maximum absolute atomic E-state index is 11.5. The number of carbonyl (C=O) groups is 1. The van der Waals surface area contributed by atoms with Crippen molar-refractivity contribution in [2.24, 2.45) is 0 Å². The van der Waals surface area contributed by atoms with Gasteiger partial charge in [-0.2, -0.15) is 9.97 Å². The van der Waals surface area contributed by atoms with Gasteiger partial charge in [-0.1, -0.05) is 25.5 Å². The van der Waals surface area contributed by atoms with Gasteiger partial charge >= 0.3 is 12.0 Å². The zero-order chi connectivity index (χ0) is 18.5. The molecular formula is C18H23N5O3. The van der Waals surface area contributed by atoms with E-state index in [2.05, 4.69) is 22.2 Å². The molecule has 26 heavy (non-hydrogen) atoms. The van der Waals surface area contributed by atoms with Crippen LogP contribution < -0.4 is 20.7 Å². The van der Waals surface area contributed by atoms with Gasteiger partial charge in [-0.3, -0.25) is 0 Å². The lowest BCUT2D eigenvalue weighted by atomic mass is 10.1. The Balaban J connectivity index is 1.74. The standard InChI is InChI=1S/C18H23N5O3/c1-3-4-9-26-18-21-15(19)14-16(22-18)23(11-20-14)10-12-5-7-13(8-6-12)17(24)25-2/h5-8,20H,3-4,9-11H2,1-2H3,(H2,19,21,22). The molecule has 2 heterocycles. The molecule has 0 amide bonds. The molecule has 0 radical (unpaired) electrons. The fourth-order valence-corrected chi connectivity index (χ4v) is 2.68. The third kappa shape index (κ3) is 3.79. The molecule has 138 valence electrons. The zero-order valence-corrected chi connectivity index (χ0v) is 15.0. The molecule has 1 aromatic heterocycles. The van der Waals surface area contributed by atoms with Gasteiger partial charge in [0.15, 0.2) is 11.6 Å². The Kier molecular flexibility index (Phi) is 5.40. The van der Waals surface area contributed by atoms with Gasteiger partial charge < -0.3 is 25.4 Å². The van der Waals surface area contributed by atoms with Gasteiger partial charge in [-0.25, -0.2) is 4.79 Å². The number of benzene rings is 1. The van der Waals surface area contributed by atoms with Crippen LogP contribution in [0, 0.1) is 0 Å². The maximum Gasteiger partial charge on any atom is 0.337 e. The number of ether oxygens (including phenoxy) is 2. The minimum absolute atomic E-state index is 0.296. The predicted molar refractivity (Wildman–Crippen MR) is 99.3 cm³/mol. The Morgan fingerprint density at radius 3 is 2.77 bits per heavy atom. The van der Waals surface area contributed by atoms with Crippen molar-refractivity contribution in [1.29, 1.82) is 0 Å². The van der Waals surface area contributed by atoms with Crippen LogP contribution in [0.4, 0.5) is 17.3 Å². The summed E-state index contributed by atoms with van der Waals surface area (Å²) < 4.78 is 10.3. The van der Waals surface area contributed by atoms with Crippen molar-refractivity contribution in [2.75, 3.05) is 36.3 Å². The van der Waals surface area contributed by atoms with Crippen molar-refractivity contribution < 1.29 is 14.3 Å². The minimum Gasteiger partial charge on any atom is -0.465 e. The van der Waals surface area contributed by atoms with Gasteiger partial charge in [0.1, 0.15) is 5.69 Å². The number of esters is 1.